The van der Waals surface area contributed by atoms with Crippen LogP contribution in [0.2, 0.25) is 0 Å². The highest BCUT2D eigenvalue weighted by molar-refractivity contribution is 9.10. The molecular weight excluding hydrogens is 372 g/mol. The second-order valence-electron chi connectivity index (χ2n) is 5.41. The predicted octanol–water partition coefficient (Wildman–Crippen LogP) is 4.04. The summed E-state index contributed by atoms with van der Waals surface area (Å²) < 4.78 is 11.7. The van der Waals surface area contributed by atoms with Gasteiger partial charge in [0, 0.05) is 15.6 Å². The third-order valence-corrected chi connectivity index (χ3v) is 4.20. The lowest BCUT2D eigenvalue weighted by Crippen LogP contribution is -2.27. The molecule has 0 saturated heterocycles. The summed E-state index contributed by atoms with van der Waals surface area (Å²) in [5, 5.41) is 0. The molecule has 3 rings (SSSR count). The first-order valence-corrected chi connectivity index (χ1v) is 8.27. The van der Waals surface area contributed by atoms with E-state index in [-0.39, 0.29) is 12.4 Å². The van der Waals surface area contributed by atoms with Crippen LogP contribution < -0.4 is 4.74 Å². The van der Waals surface area contributed by atoms with Crippen LogP contribution in [0.4, 0.5) is 0 Å². The molecule has 0 saturated carbocycles. The molecule has 0 N–H and O–H groups in total. The smallest absolute Gasteiger partial charge is 0.338 e. The van der Waals surface area contributed by atoms with E-state index in [4.69, 9.17) is 9.47 Å². The number of esters is 1. The van der Waals surface area contributed by atoms with Crippen LogP contribution in [0, 0.1) is 0 Å². The Labute approximate surface area is 148 Å². The molecule has 0 unspecified atom stereocenters. The van der Waals surface area contributed by atoms with Gasteiger partial charge in [0.05, 0.1) is 5.57 Å². The first-order chi connectivity index (χ1) is 11.5. The zero-order valence-corrected chi connectivity index (χ0v) is 14.6. The Hall–Kier alpha value is -2.40. The lowest BCUT2D eigenvalue weighted by atomic mass is 10.1. The van der Waals surface area contributed by atoms with Crippen LogP contribution in [0.1, 0.15) is 22.8 Å². The van der Waals surface area contributed by atoms with Gasteiger partial charge in [-0.1, -0.05) is 46.3 Å². The van der Waals surface area contributed by atoms with E-state index < -0.39 is 12.1 Å². The second-order valence-corrected chi connectivity index (χ2v) is 6.33. The fourth-order valence-electron chi connectivity index (χ4n) is 2.37. The summed E-state index contributed by atoms with van der Waals surface area (Å²) >= 11 is 3.32. The molecule has 24 heavy (non-hydrogen) atoms. The number of halogens is 1. The highest BCUT2D eigenvalue weighted by Crippen LogP contribution is 2.26. The highest BCUT2D eigenvalue weighted by Gasteiger charge is 2.24. The Morgan fingerprint density at radius 2 is 1.83 bits per heavy atom. The molecule has 1 aliphatic rings. The van der Waals surface area contributed by atoms with Crippen molar-refractivity contribution in [2.24, 2.45) is 0 Å². The minimum atomic E-state index is -0.864. The lowest BCUT2D eigenvalue weighted by molar-refractivity contribution is -0.141. The topological polar surface area (TPSA) is 52.6 Å². The number of benzene rings is 2. The summed E-state index contributed by atoms with van der Waals surface area (Å²) in [6, 6.07) is 14.4. The van der Waals surface area contributed by atoms with E-state index >= 15 is 0 Å². The van der Waals surface area contributed by atoms with E-state index in [2.05, 4.69) is 15.9 Å². The van der Waals surface area contributed by atoms with Crippen molar-refractivity contribution in [2.75, 3.05) is 6.61 Å². The minimum absolute atomic E-state index is 0.134. The molecule has 5 heteroatoms. The van der Waals surface area contributed by atoms with Crippen molar-refractivity contribution >= 4 is 33.8 Å². The van der Waals surface area contributed by atoms with E-state index in [9.17, 15) is 9.59 Å². The Morgan fingerprint density at radius 3 is 2.58 bits per heavy atom. The van der Waals surface area contributed by atoms with Gasteiger partial charge in [0.15, 0.2) is 6.10 Å². The van der Waals surface area contributed by atoms with E-state index in [1.807, 2.05) is 24.3 Å². The average molecular weight is 387 g/mol. The second kappa shape index (κ2) is 7.01. The molecule has 0 radical (unpaired) electrons. The van der Waals surface area contributed by atoms with Crippen molar-refractivity contribution < 1.29 is 19.1 Å². The number of hydrogen-bond acceptors (Lipinski definition) is 4. The molecule has 2 aromatic carbocycles. The maximum absolute atomic E-state index is 12.3. The number of hydrogen-bond donors (Lipinski definition) is 0. The van der Waals surface area contributed by atoms with Gasteiger partial charge in [0.1, 0.15) is 12.4 Å². The van der Waals surface area contributed by atoms with Crippen molar-refractivity contribution in [2.45, 2.75) is 13.0 Å². The molecule has 0 spiro atoms. The molecule has 0 fully saturated rings. The normalized spacial score (nSPS) is 14.0. The van der Waals surface area contributed by atoms with Crippen LogP contribution in [0.25, 0.3) is 6.08 Å². The number of rotatable bonds is 4. The Balaban J connectivity index is 1.69. The zero-order chi connectivity index (χ0) is 17.1. The molecular formula is C19H15BrO4. The van der Waals surface area contributed by atoms with Crippen molar-refractivity contribution in [1.29, 1.82) is 0 Å². The van der Waals surface area contributed by atoms with Crippen LogP contribution >= 0.6 is 15.9 Å². The predicted molar refractivity (Wildman–Crippen MR) is 93.9 cm³/mol. The molecule has 0 aromatic heterocycles. The number of ether oxygens (including phenoxy) is 2. The van der Waals surface area contributed by atoms with Crippen molar-refractivity contribution in [1.82, 2.24) is 0 Å². The van der Waals surface area contributed by atoms with Crippen molar-refractivity contribution in [3.8, 4) is 5.75 Å². The summed E-state index contributed by atoms with van der Waals surface area (Å²) in [7, 11) is 0. The molecule has 1 aliphatic heterocycles. The first-order valence-electron chi connectivity index (χ1n) is 7.48. The third-order valence-electron chi connectivity index (χ3n) is 3.68. The minimum Gasteiger partial charge on any atom is -0.488 e. The van der Waals surface area contributed by atoms with Gasteiger partial charge in [-0.25, -0.2) is 4.79 Å². The molecule has 2 aromatic rings. The lowest BCUT2D eigenvalue weighted by Gasteiger charge is -2.18. The van der Waals surface area contributed by atoms with E-state index in [1.54, 1.807) is 37.3 Å². The molecule has 122 valence electrons. The van der Waals surface area contributed by atoms with E-state index in [0.717, 1.165) is 15.8 Å². The number of carbonyl (C=O) groups excluding carboxylic acids is 2. The summed E-state index contributed by atoms with van der Waals surface area (Å²) in [5.41, 5.74) is 1.71. The third kappa shape index (κ3) is 3.57. The van der Waals surface area contributed by atoms with Crippen LogP contribution in [0.15, 0.2) is 58.6 Å². The van der Waals surface area contributed by atoms with Gasteiger partial charge >= 0.3 is 5.97 Å². The number of fused-ring (bicyclic) bond motifs is 1. The summed E-state index contributed by atoms with van der Waals surface area (Å²) in [6.45, 7) is 1.70. The number of para-hydroxylation sites is 1. The fraction of sp³-hybridized carbons (Fsp3) is 0.158. The van der Waals surface area contributed by atoms with Gasteiger partial charge in [-0.3, -0.25) is 4.79 Å². The number of Topliss-reactive ketones (excluding diaryl/α,β-unsaturated/α-hetero) is 1. The highest BCUT2D eigenvalue weighted by atomic mass is 79.9. The SMILES string of the molecule is C[C@H](OC(=O)C1=Cc2ccccc2OC1)C(=O)c1ccc(Br)cc1. The summed E-state index contributed by atoms with van der Waals surface area (Å²) in [5.74, 6) is -0.0518. The van der Waals surface area contributed by atoms with Crippen molar-refractivity contribution in [3.05, 3.63) is 69.7 Å². The Bertz CT molecular complexity index is 808. The fourth-order valence-corrected chi connectivity index (χ4v) is 2.64. The molecule has 1 heterocycles. The van der Waals surface area contributed by atoms with Crippen molar-refractivity contribution in [3.63, 3.8) is 0 Å². The van der Waals surface area contributed by atoms with E-state index in [1.165, 1.54) is 0 Å². The molecule has 0 bridgehead atoms. The Kier molecular flexibility index (Phi) is 4.81. The van der Waals surface area contributed by atoms with Crippen LogP contribution in [-0.2, 0) is 9.53 Å². The van der Waals surface area contributed by atoms with Crippen LogP contribution in [0.3, 0.4) is 0 Å². The summed E-state index contributed by atoms with van der Waals surface area (Å²) in [6.07, 6.45) is 0.870. The molecule has 4 nitrogen and oxygen atoms in total. The van der Waals surface area contributed by atoms with Gasteiger partial charge in [-0.15, -0.1) is 0 Å². The molecule has 0 amide bonds. The summed E-state index contributed by atoms with van der Waals surface area (Å²) in [4.78, 5) is 24.6. The molecule has 1 atom stereocenters. The van der Waals surface area contributed by atoms with Gasteiger partial charge < -0.3 is 9.47 Å². The largest absolute Gasteiger partial charge is 0.488 e. The van der Waals surface area contributed by atoms with Gasteiger partial charge in [-0.2, -0.15) is 0 Å². The van der Waals surface area contributed by atoms with Crippen LogP contribution in [-0.4, -0.2) is 24.5 Å². The maximum atomic E-state index is 12.3. The first kappa shape index (κ1) is 16.5. The monoisotopic (exact) mass is 386 g/mol. The molecule has 0 aliphatic carbocycles. The van der Waals surface area contributed by atoms with Crippen LogP contribution in [0.5, 0.6) is 5.75 Å². The zero-order valence-electron chi connectivity index (χ0n) is 13.0. The maximum Gasteiger partial charge on any atom is 0.338 e. The number of carbonyl (C=O) groups is 2. The quantitative estimate of drug-likeness (QED) is 0.587. The number of ketones is 1. The average Bonchev–Trinajstić information content (AvgIpc) is 2.61. The van der Waals surface area contributed by atoms with E-state index in [0.29, 0.717) is 11.1 Å². The van der Waals surface area contributed by atoms with Gasteiger partial charge in [-0.05, 0) is 31.2 Å². The standard InChI is InChI=1S/C19H15BrO4/c1-12(18(21)13-6-8-16(20)9-7-13)24-19(22)15-10-14-4-2-3-5-17(14)23-11-15/h2-10,12H,11H2,1H3/t12-/m0/s1. The van der Waals surface area contributed by atoms with Gasteiger partial charge in [0.2, 0.25) is 5.78 Å². The van der Waals surface area contributed by atoms with Gasteiger partial charge in [0.25, 0.3) is 0 Å². The Morgan fingerprint density at radius 1 is 1.12 bits per heavy atom.